The molecule has 1 amide bonds. The van der Waals surface area contributed by atoms with Crippen molar-refractivity contribution < 1.29 is 22.7 Å². The van der Waals surface area contributed by atoms with Crippen LogP contribution in [0.4, 0.5) is 13.2 Å². The van der Waals surface area contributed by atoms with Crippen LogP contribution in [0.5, 0.6) is 5.75 Å². The highest BCUT2D eigenvalue weighted by Gasteiger charge is 2.46. The van der Waals surface area contributed by atoms with Crippen LogP contribution in [0, 0.1) is 0 Å². The van der Waals surface area contributed by atoms with Gasteiger partial charge in [0.25, 0.3) is 5.91 Å². The number of carbonyl (C=O) groups is 1. The van der Waals surface area contributed by atoms with E-state index >= 15 is 0 Å². The van der Waals surface area contributed by atoms with Gasteiger partial charge in [0.15, 0.2) is 5.71 Å². The summed E-state index contributed by atoms with van der Waals surface area (Å²) < 4.78 is 45.9. The SMILES string of the molecule is COc1ccc(/C=C2\C(=O)N(Cc3ccccc3)N=C2C(F)(F)F)cc1Br. The minimum Gasteiger partial charge on any atom is -0.496 e. The Morgan fingerprint density at radius 2 is 1.89 bits per heavy atom. The first-order chi connectivity index (χ1) is 12.8. The second kappa shape index (κ2) is 7.56. The normalized spacial score (nSPS) is 16.0. The molecule has 0 aromatic heterocycles. The van der Waals surface area contributed by atoms with Crippen molar-refractivity contribution in [3.05, 3.63) is 69.7 Å². The molecule has 0 saturated heterocycles. The minimum absolute atomic E-state index is 0.0388. The Hall–Kier alpha value is -2.61. The Balaban J connectivity index is 1.97. The predicted molar refractivity (Wildman–Crippen MR) is 99.2 cm³/mol. The van der Waals surface area contributed by atoms with E-state index in [1.807, 2.05) is 0 Å². The van der Waals surface area contributed by atoms with E-state index < -0.39 is 23.4 Å². The number of halogens is 4. The van der Waals surface area contributed by atoms with Gasteiger partial charge in [0.2, 0.25) is 0 Å². The number of methoxy groups -OCH3 is 1. The van der Waals surface area contributed by atoms with Crippen molar-refractivity contribution in [1.29, 1.82) is 0 Å². The smallest absolute Gasteiger partial charge is 0.435 e. The quantitative estimate of drug-likeness (QED) is 0.643. The Kier molecular flexibility index (Phi) is 5.36. The fourth-order valence-electron chi connectivity index (χ4n) is 2.60. The van der Waals surface area contributed by atoms with Gasteiger partial charge in [-0.2, -0.15) is 18.3 Å². The highest BCUT2D eigenvalue weighted by atomic mass is 79.9. The lowest BCUT2D eigenvalue weighted by Crippen LogP contribution is -2.25. The summed E-state index contributed by atoms with van der Waals surface area (Å²) >= 11 is 3.28. The van der Waals surface area contributed by atoms with E-state index in [-0.39, 0.29) is 6.54 Å². The maximum atomic E-state index is 13.4. The first-order valence-electron chi connectivity index (χ1n) is 7.87. The zero-order valence-corrected chi connectivity index (χ0v) is 15.7. The largest absolute Gasteiger partial charge is 0.496 e. The molecule has 0 N–H and O–H groups in total. The van der Waals surface area contributed by atoms with Crippen LogP contribution in [-0.2, 0) is 11.3 Å². The van der Waals surface area contributed by atoms with Crippen LogP contribution in [0.3, 0.4) is 0 Å². The van der Waals surface area contributed by atoms with Crippen molar-refractivity contribution in [3.8, 4) is 5.75 Å². The molecular formula is C19H14BrF3N2O2. The summed E-state index contributed by atoms with van der Waals surface area (Å²) in [5.41, 5.74) is -0.583. The third-order valence-electron chi connectivity index (χ3n) is 3.87. The first-order valence-corrected chi connectivity index (χ1v) is 8.66. The summed E-state index contributed by atoms with van der Waals surface area (Å²) in [6.45, 7) is -0.0388. The van der Waals surface area contributed by atoms with Gasteiger partial charge in [-0.05, 0) is 45.3 Å². The average Bonchev–Trinajstić information content (AvgIpc) is 2.93. The van der Waals surface area contributed by atoms with E-state index in [2.05, 4.69) is 21.0 Å². The lowest BCUT2D eigenvalue weighted by atomic mass is 10.1. The third-order valence-corrected chi connectivity index (χ3v) is 4.49. The van der Waals surface area contributed by atoms with Crippen LogP contribution in [0.15, 0.2) is 63.7 Å². The standard InChI is InChI=1S/C19H14BrF3N2O2/c1-27-16-8-7-13(10-15(16)20)9-14-17(19(21,22)23)24-25(18(14)26)11-12-5-3-2-4-6-12/h2-10H,11H2,1H3/b14-9-. The molecule has 1 aliphatic rings. The Morgan fingerprint density at radius 1 is 1.19 bits per heavy atom. The number of ether oxygens (including phenoxy) is 1. The number of nitrogens with zero attached hydrogens (tertiary/aromatic N) is 2. The highest BCUT2D eigenvalue weighted by molar-refractivity contribution is 9.10. The Bertz CT molecular complexity index is 924. The third kappa shape index (κ3) is 4.21. The Morgan fingerprint density at radius 3 is 2.48 bits per heavy atom. The summed E-state index contributed by atoms with van der Waals surface area (Å²) in [7, 11) is 1.48. The van der Waals surface area contributed by atoms with Gasteiger partial charge in [-0.3, -0.25) is 4.79 Å². The summed E-state index contributed by atoms with van der Waals surface area (Å²) in [5, 5.41) is 4.38. The van der Waals surface area contributed by atoms with Gasteiger partial charge in [-0.1, -0.05) is 36.4 Å². The maximum absolute atomic E-state index is 13.4. The van der Waals surface area contributed by atoms with Crippen LogP contribution < -0.4 is 4.74 Å². The second-order valence-corrected chi connectivity index (χ2v) is 6.60. The number of alkyl halides is 3. The molecule has 0 spiro atoms. The zero-order chi connectivity index (χ0) is 19.6. The number of rotatable bonds is 4. The lowest BCUT2D eigenvalue weighted by molar-refractivity contribution is -0.126. The van der Waals surface area contributed by atoms with E-state index in [1.54, 1.807) is 48.5 Å². The van der Waals surface area contributed by atoms with Crippen LogP contribution >= 0.6 is 15.9 Å². The first kappa shape index (κ1) is 19.2. The van der Waals surface area contributed by atoms with E-state index in [0.717, 1.165) is 5.01 Å². The van der Waals surface area contributed by atoms with Crippen molar-refractivity contribution in [3.63, 3.8) is 0 Å². The number of hydrogen-bond acceptors (Lipinski definition) is 3. The van der Waals surface area contributed by atoms with Crippen LogP contribution in [0.25, 0.3) is 6.08 Å². The van der Waals surface area contributed by atoms with Crippen molar-refractivity contribution in [2.45, 2.75) is 12.7 Å². The number of carbonyl (C=O) groups excluding carboxylic acids is 1. The molecule has 0 atom stereocenters. The van der Waals surface area contributed by atoms with Crippen molar-refractivity contribution in [1.82, 2.24) is 5.01 Å². The van der Waals surface area contributed by atoms with Crippen LogP contribution in [0.1, 0.15) is 11.1 Å². The molecule has 1 aliphatic heterocycles. The molecule has 3 rings (SSSR count). The number of hydrazone groups is 1. The monoisotopic (exact) mass is 438 g/mol. The lowest BCUT2D eigenvalue weighted by Gasteiger charge is -2.11. The molecule has 0 fully saturated rings. The zero-order valence-electron chi connectivity index (χ0n) is 14.1. The molecule has 140 valence electrons. The van der Waals surface area contributed by atoms with E-state index in [0.29, 0.717) is 21.3 Å². The van der Waals surface area contributed by atoms with Gasteiger partial charge in [0.1, 0.15) is 5.75 Å². The number of hydrogen-bond donors (Lipinski definition) is 0. The minimum atomic E-state index is -4.74. The molecule has 0 bridgehead atoms. The maximum Gasteiger partial charge on any atom is 0.435 e. The summed E-state index contributed by atoms with van der Waals surface area (Å²) in [5.74, 6) is -0.261. The van der Waals surface area contributed by atoms with E-state index in [4.69, 9.17) is 4.74 Å². The van der Waals surface area contributed by atoms with Gasteiger partial charge in [-0.15, -0.1) is 0 Å². The molecule has 0 saturated carbocycles. The Labute approximate surface area is 162 Å². The molecule has 0 radical (unpaired) electrons. The fraction of sp³-hybridized carbons (Fsp3) is 0.158. The van der Waals surface area contributed by atoms with Crippen LogP contribution in [0.2, 0.25) is 0 Å². The van der Waals surface area contributed by atoms with Gasteiger partial charge in [0.05, 0.1) is 23.7 Å². The molecule has 2 aromatic rings. The summed E-state index contributed by atoms with van der Waals surface area (Å²) in [6, 6.07) is 13.5. The van der Waals surface area contributed by atoms with Crippen molar-refractivity contribution in [2.75, 3.05) is 7.11 Å². The molecule has 1 heterocycles. The molecular weight excluding hydrogens is 425 g/mol. The van der Waals surface area contributed by atoms with Gasteiger partial charge in [-0.25, -0.2) is 5.01 Å². The topological polar surface area (TPSA) is 41.9 Å². The van der Waals surface area contributed by atoms with E-state index in [1.165, 1.54) is 13.2 Å². The second-order valence-electron chi connectivity index (χ2n) is 5.75. The molecule has 27 heavy (non-hydrogen) atoms. The van der Waals surface area contributed by atoms with Gasteiger partial charge in [0, 0.05) is 0 Å². The summed E-state index contributed by atoms with van der Waals surface area (Å²) in [6.07, 6.45) is -3.56. The predicted octanol–water partition coefficient (Wildman–Crippen LogP) is 4.80. The van der Waals surface area contributed by atoms with Crippen molar-refractivity contribution >= 4 is 33.6 Å². The molecule has 0 aliphatic carbocycles. The van der Waals surface area contributed by atoms with Crippen molar-refractivity contribution in [2.24, 2.45) is 5.10 Å². The van der Waals surface area contributed by atoms with Crippen LogP contribution in [-0.4, -0.2) is 29.9 Å². The summed E-state index contributed by atoms with van der Waals surface area (Å²) in [4.78, 5) is 12.6. The molecule has 8 heteroatoms. The molecule has 2 aromatic carbocycles. The highest BCUT2D eigenvalue weighted by Crippen LogP contribution is 2.32. The number of amides is 1. The molecule has 0 unspecified atom stereocenters. The van der Waals surface area contributed by atoms with E-state index in [9.17, 15) is 18.0 Å². The number of benzene rings is 2. The molecule has 4 nitrogen and oxygen atoms in total. The van der Waals surface area contributed by atoms with Gasteiger partial charge >= 0.3 is 6.18 Å². The average molecular weight is 439 g/mol. The van der Waals surface area contributed by atoms with Gasteiger partial charge < -0.3 is 4.74 Å². The fourth-order valence-corrected chi connectivity index (χ4v) is 3.16.